The average molecular weight is 507 g/mol. The molecule has 0 aliphatic heterocycles. The van der Waals surface area contributed by atoms with Crippen LogP contribution in [-0.4, -0.2) is 93.6 Å². The molecule has 200 valence electrons. The standard InChI is InChI=1S/C25H58N2O4Si2/c1-8-15-17-25(18-16-9-2)31-32-23-21-26(10-3)19-20-27(11-4)22-24-33(28-12-5,29-13-6)30-14-7/h25H,8-24,32H2,1-7H3. The molecule has 0 radical (unpaired) electrons. The summed E-state index contributed by atoms with van der Waals surface area (Å²) in [5, 5.41) is 0. The number of likely N-dealkylation sites (N-methyl/N-ethyl adjacent to an activating group) is 2. The van der Waals surface area contributed by atoms with E-state index in [0.717, 1.165) is 38.8 Å². The summed E-state index contributed by atoms with van der Waals surface area (Å²) in [4.78, 5) is 5.10. The first-order chi connectivity index (χ1) is 16.0. The van der Waals surface area contributed by atoms with Gasteiger partial charge in [0.1, 0.15) is 0 Å². The van der Waals surface area contributed by atoms with Crippen molar-refractivity contribution in [1.82, 2.24) is 9.80 Å². The SMILES string of the molecule is CCCCC(CCCC)O[SiH2]CCN(CC)CCN(CC)CC[Si](OCC)(OCC)OCC. The minimum absolute atomic E-state index is 0.431. The molecule has 0 saturated heterocycles. The van der Waals surface area contributed by atoms with E-state index in [-0.39, 0.29) is 0 Å². The van der Waals surface area contributed by atoms with Gasteiger partial charge in [0.15, 0.2) is 9.76 Å². The maximum atomic E-state index is 6.40. The van der Waals surface area contributed by atoms with Crippen LogP contribution in [0.3, 0.4) is 0 Å². The number of hydrogen-bond acceptors (Lipinski definition) is 6. The van der Waals surface area contributed by atoms with Crippen molar-refractivity contribution in [3.63, 3.8) is 0 Å². The first-order valence-corrected chi connectivity index (χ1v) is 17.5. The minimum Gasteiger partial charge on any atom is -0.421 e. The average Bonchev–Trinajstić information content (AvgIpc) is 2.82. The zero-order valence-electron chi connectivity index (χ0n) is 23.3. The third-order valence-electron chi connectivity index (χ3n) is 6.19. The van der Waals surface area contributed by atoms with Gasteiger partial charge in [-0.15, -0.1) is 0 Å². The first-order valence-electron chi connectivity index (χ1n) is 14.0. The minimum atomic E-state index is -2.56. The van der Waals surface area contributed by atoms with E-state index in [0.29, 0.717) is 25.9 Å². The van der Waals surface area contributed by atoms with E-state index in [4.69, 9.17) is 17.7 Å². The third kappa shape index (κ3) is 16.5. The highest BCUT2D eigenvalue weighted by Gasteiger charge is 2.40. The van der Waals surface area contributed by atoms with Crippen molar-refractivity contribution in [1.29, 1.82) is 0 Å². The van der Waals surface area contributed by atoms with Crippen molar-refractivity contribution in [2.75, 3.05) is 59.1 Å². The molecule has 33 heavy (non-hydrogen) atoms. The molecule has 0 bridgehead atoms. The summed E-state index contributed by atoms with van der Waals surface area (Å²) < 4.78 is 24.5. The molecular formula is C25H58N2O4Si2. The quantitative estimate of drug-likeness (QED) is 0.129. The van der Waals surface area contributed by atoms with E-state index in [2.05, 4.69) is 37.5 Å². The molecular weight excluding hydrogens is 448 g/mol. The smallest absolute Gasteiger partial charge is 0.421 e. The number of nitrogens with zero attached hydrogens (tertiary/aromatic N) is 2. The molecule has 0 saturated carbocycles. The van der Waals surface area contributed by atoms with E-state index < -0.39 is 18.6 Å². The molecule has 0 unspecified atom stereocenters. The lowest BCUT2D eigenvalue weighted by Crippen LogP contribution is -2.49. The maximum absolute atomic E-state index is 6.40. The van der Waals surface area contributed by atoms with Gasteiger partial charge < -0.3 is 27.5 Å². The zero-order chi connectivity index (χ0) is 24.8. The monoisotopic (exact) mass is 506 g/mol. The second-order valence-electron chi connectivity index (χ2n) is 8.73. The van der Waals surface area contributed by atoms with Gasteiger partial charge in [0.05, 0.1) is 0 Å². The van der Waals surface area contributed by atoms with Gasteiger partial charge in [-0.1, -0.05) is 53.4 Å². The molecule has 0 aromatic heterocycles. The zero-order valence-corrected chi connectivity index (χ0v) is 25.7. The molecule has 0 aliphatic carbocycles. The highest BCUT2D eigenvalue weighted by atomic mass is 28.4. The van der Waals surface area contributed by atoms with E-state index in [1.807, 2.05) is 20.8 Å². The Kier molecular flexibility index (Phi) is 22.8. The Morgan fingerprint density at radius 1 is 0.667 bits per heavy atom. The van der Waals surface area contributed by atoms with Crippen LogP contribution in [-0.2, 0) is 17.7 Å². The summed E-state index contributed by atoms with van der Waals surface area (Å²) >= 11 is 0. The van der Waals surface area contributed by atoms with Crippen molar-refractivity contribution in [3.05, 3.63) is 0 Å². The molecule has 0 aromatic rings. The van der Waals surface area contributed by atoms with Gasteiger partial charge in [0.25, 0.3) is 0 Å². The predicted octanol–water partition coefficient (Wildman–Crippen LogP) is 4.95. The number of hydrogen-bond donors (Lipinski definition) is 0. The maximum Gasteiger partial charge on any atom is 0.502 e. The van der Waals surface area contributed by atoms with Crippen LogP contribution < -0.4 is 0 Å². The van der Waals surface area contributed by atoms with E-state index in [1.54, 1.807) is 0 Å². The van der Waals surface area contributed by atoms with Gasteiger partial charge >= 0.3 is 8.80 Å². The van der Waals surface area contributed by atoms with Crippen LogP contribution in [0.4, 0.5) is 0 Å². The molecule has 0 aromatic carbocycles. The summed E-state index contributed by atoms with van der Waals surface area (Å²) in [6.45, 7) is 23.6. The summed E-state index contributed by atoms with van der Waals surface area (Å²) in [7, 11) is -2.99. The number of unbranched alkanes of at least 4 members (excludes halogenated alkanes) is 2. The van der Waals surface area contributed by atoms with Crippen LogP contribution in [0.25, 0.3) is 0 Å². The molecule has 0 rings (SSSR count). The Morgan fingerprint density at radius 3 is 1.58 bits per heavy atom. The Morgan fingerprint density at radius 2 is 1.15 bits per heavy atom. The van der Waals surface area contributed by atoms with Crippen LogP contribution in [0.2, 0.25) is 12.1 Å². The van der Waals surface area contributed by atoms with Crippen molar-refractivity contribution in [2.45, 2.75) is 105 Å². The van der Waals surface area contributed by atoms with Crippen LogP contribution in [0.1, 0.15) is 87.0 Å². The molecule has 0 fully saturated rings. The second-order valence-corrected chi connectivity index (χ2v) is 12.9. The van der Waals surface area contributed by atoms with E-state index >= 15 is 0 Å². The van der Waals surface area contributed by atoms with Gasteiger partial charge in [-0.2, -0.15) is 0 Å². The van der Waals surface area contributed by atoms with E-state index in [9.17, 15) is 0 Å². The van der Waals surface area contributed by atoms with Crippen molar-refractivity contribution in [3.8, 4) is 0 Å². The lowest BCUT2D eigenvalue weighted by molar-refractivity contribution is 0.0678. The van der Waals surface area contributed by atoms with Crippen LogP contribution in [0.15, 0.2) is 0 Å². The lowest BCUT2D eigenvalue weighted by Gasteiger charge is -2.31. The van der Waals surface area contributed by atoms with Gasteiger partial charge in [-0.25, -0.2) is 0 Å². The Bertz CT molecular complexity index is 397. The molecule has 0 spiro atoms. The van der Waals surface area contributed by atoms with Crippen LogP contribution >= 0.6 is 0 Å². The summed E-state index contributed by atoms with van der Waals surface area (Å²) in [5.41, 5.74) is 0. The second kappa shape index (κ2) is 22.6. The molecule has 0 N–H and O–H groups in total. The summed E-state index contributed by atoms with van der Waals surface area (Å²) in [6.07, 6.45) is 8.18. The van der Waals surface area contributed by atoms with Gasteiger partial charge in [0, 0.05) is 51.6 Å². The molecule has 8 heteroatoms. The lowest BCUT2D eigenvalue weighted by atomic mass is 10.1. The van der Waals surface area contributed by atoms with Gasteiger partial charge in [0.2, 0.25) is 0 Å². The Balaban J connectivity index is 4.45. The molecule has 6 nitrogen and oxygen atoms in total. The summed E-state index contributed by atoms with van der Waals surface area (Å²) in [6, 6.07) is 2.11. The highest BCUT2D eigenvalue weighted by molar-refractivity contribution is 6.60. The van der Waals surface area contributed by atoms with Crippen molar-refractivity contribution >= 4 is 18.6 Å². The molecule has 0 amide bonds. The fraction of sp³-hybridized carbons (Fsp3) is 1.00. The Hall–Kier alpha value is 0.194. The fourth-order valence-electron chi connectivity index (χ4n) is 4.15. The molecule has 0 atom stereocenters. The summed E-state index contributed by atoms with van der Waals surface area (Å²) in [5.74, 6) is 0. The topological polar surface area (TPSA) is 43.4 Å². The third-order valence-corrected chi connectivity index (χ3v) is 10.5. The first kappa shape index (κ1) is 33.2. The predicted molar refractivity (Wildman–Crippen MR) is 147 cm³/mol. The number of rotatable bonds is 25. The van der Waals surface area contributed by atoms with Gasteiger partial charge in [-0.3, -0.25) is 0 Å². The Labute approximate surface area is 210 Å². The largest absolute Gasteiger partial charge is 0.502 e. The molecule has 0 aliphatic rings. The van der Waals surface area contributed by atoms with Crippen LogP contribution in [0.5, 0.6) is 0 Å². The van der Waals surface area contributed by atoms with E-state index in [1.165, 1.54) is 51.1 Å². The fourth-order valence-corrected chi connectivity index (χ4v) is 8.15. The van der Waals surface area contributed by atoms with Crippen molar-refractivity contribution in [2.24, 2.45) is 0 Å². The highest BCUT2D eigenvalue weighted by Crippen LogP contribution is 2.17. The normalized spacial score (nSPS) is 12.9. The molecule has 0 heterocycles. The van der Waals surface area contributed by atoms with Gasteiger partial charge in [-0.05, 0) is 59.3 Å². The van der Waals surface area contributed by atoms with Crippen molar-refractivity contribution < 1.29 is 17.7 Å². The van der Waals surface area contributed by atoms with Crippen LogP contribution in [0, 0.1) is 0 Å².